The minimum Gasteiger partial charge on any atom is -0.358 e. The van der Waals surface area contributed by atoms with E-state index in [1.807, 2.05) is 31.2 Å². The molecule has 0 aliphatic carbocycles. The van der Waals surface area contributed by atoms with Crippen LogP contribution in [-0.2, 0) is 0 Å². The third-order valence-electron chi connectivity index (χ3n) is 3.30. The summed E-state index contributed by atoms with van der Waals surface area (Å²) in [7, 11) is 0. The first-order chi connectivity index (χ1) is 9.58. The summed E-state index contributed by atoms with van der Waals surface area (Å²) in [4.78, 5) is 15.8. The Kier molecular flexibility index (Phi) is 3.07. The van der Waals surface area contributed by atoms with Gasteiger partial charge in [0.1, 0.15) is 5.82 Å². The lowest BCUT2D eigenvalue weighted by atomic mass is 10.0. The predicted molar refractivity (Wildman–Crippen MR) is 77.9 cm³/mol. The summed E-state index contributed by atoms with van der Waals surface area (Å²) in [5, 5.41) is 0.968. The number of aryl methyl sites for hydroxylation is 1. The molecule has 100 valence electrons. The molecule has 3 rings (SSSR count). The smallest absolute Gasteiger partial charge is 0.196 e. The summed E-state index contributed by atoms with van der Waals surface area (Å²) in [5.41, 5.74) is 2.55. The van der Waals surface area contributed by atoms with Crippen LogP contribution in [0.3, 0.4) is 0 Å². The standard InChI is InChI=1S/C16H11ClFNO/c1-9-15(12-4-2-3-5-14(12)19-9)16(20)11-7-6-10(18)8-13(11)17/h2-8,19H,1H3. The summed E-state index contributed by atoms with van der Waals surface area (Å²) in [6, 6.07) is 11.4. The molecule has 0 aliphatic rings. The molecule has 1 heterocycles. The summed E-state index contributed by atoms with van der Waals surface area (Å²) >= 11 is 5.97. The van der Waals surface area contributed by atoms with E-state index in [9.17, 15) is 9.18 Å². The highest BCUT2D eigenvalue weighted by atomic mass is 35.5. The quantitative estimate of drug-likeness (QED) is 0.692. The SMILES string of the molecule is Cc1[nH]c2ccccc2c1C(=O)c1ccc(F)cc1Cl. The number of para-hydroxylation sites is 1. The summed E-state index contributed by atoms with van der Waals surface area (Å²) in [6.45, 7) is 1.84. The van der Waals surface area contributed by atoms with E-state index in [0.717, 1.165) is 22.7 Å². The minimum atomic E-state index is -0.456. The number of halogens is 2. The van der Waals surface area contributed by atoms with Gasteiger partial charge in [-0.1, -0.05) is 29.8 Å². The van der Waals surface area contributed by atoms with E-state index in [1.165, 1.54) is 12.1 Å². The topological polar surface area (TPSA) is 32.9 Å². The Morgan fingerprint density at radius 2 is 1.95 bits per heavy atom. The van der Waals surface area contributed by atoms with Crippen molar-refractivity contribution in [1.29, 1.82) is 0 Å². The molecule has 20 heavy (non-hydrogen) atoms. The van der Waals surface area contributed by atoms with Gasteiger partial charge in [-0.2, -0.15) is 0 Å². The third-order valence-corrected chi connectivity index (χ3v) is 3.61. The van der Waals surface area contributed by atoms with Gasteiger partial charge < -0.3 is 4.98 Å². The molecular formula is C16H11ClFNO. The van der Waals surface area contributed by atoms with Crippen LogP contribution < -0.4 is 0 Å². The number of benzene rings is 2. The monoisotopic (exact) mass is 287 g/mol. The largest absolute Gasteiger partial charge is 0.358 e. The molecule has 0 spiro atoms. The number of ketones is 1. The van der Waals surface area contributed by atoms with E-state index >= 15 is 0 Å². The van der Waals surface area contributed by atoms with Gasteiger partial charge in [0.05, 0.1) is 10.6 Å². The van der Waals surface area contributed by atoms with E-state index in [4.69, 9.17) is 11.6 Å². The number of aromatic nitrogens is 1. The summed E-state index contributed by atoms with van der Waals surface area (Å²) in [6.07, 6.45) is 0. The zero-order chi connectivity index (χ0) is 14.3. The Hall–Kier alpha value is -2.13. The molecule has 0 unspecified atom stereocenters. The van der Waals surface area contributed by atoms with E-state index in [0.29, 0.717) is 11.1 Å². The minimum absolute atomic E-state index is 0.125. The molecular weight excluding hydrogens is 277 g/mol. The highest BCUT2D eigenvalue weighted by molar-refractivity contribution is 6.35. The van der Waals surface area contributed by atoms with Gasteiger partial charge in [0.25, 0.3) is 0 Å². The van der Waals surface area contributed by atoms with Crippen LogP contribution in [0.2, 0.25) is 5.02 Å². The molecule has 0 fully saturated rings. The molecule has 1 aromatic heterocycles. The van der Waals surface area contributed by atoms with Crippen molar-refractivity contribution in [2.24, 2.45) is 0 Å². The number of nitrogens with one attached hydrogen (secondary N) is 1. The van der Waals surface area contributed by atoms with Gasteiger partial charge in [-0.05, 0) is 31.2 Å². The van der Waals surface area contributed by atoms with Crippen molar-refractivity contribution in [3.63, 3.8) is 0 Å². The fourth-order valence-corrected chi connectivity index (χ4v) is 2.63. The first-order valence-corrected chi connectivity index (χ1v) is 6.53. The van der Waals surface area contributed by atoms with Gasteiger partial charge in [0.2, 0.25) is 0 Å². The maximum absolute atomic E-state index is 13.1. The van der Waals surface area contributed by atoms with Crippen LogP contribution in [0.4, 0.5) is 4.39 Å². The Morgan fingerprint density at radius 3 is 2.70 bits per heavy atom. The van der Waals surface area contributed by atoms with Crippen LogP contribution in [0.5, 0.6) is 0 Å². The van der Waals surface area contributed by atoms with Gasteiger partial charge in [0, 0.05) is 22.2 Å². The van der Waals surface area contributed by atoms with Crippen molar-refractivity contribution in [2.75, 3.05) is 0 Å². The van der Waals surface area contributed by atoms with Crippen LogP contribution in [0, 0.1) is 12.7 Å². The molecule has 2 nitrogen and oxygen atoms in total. The number of carbonyl (C=O) groups excluding carboxylic acids is 1. The second-order valence-corrected chi connectivity index (χ2v) is 5.03. The first-order valence-electron chi connectivity index (χ1n) is 6.15. The zero-order valence-electron chi connectivity index (χ0n) is 10.7. The fraction of sp³-hybridized carbons (Fsp3) is 0.0625. The molecule has 1 N–H and O–H groups in total. The predicted octanol–water partition coefficient (Wildman–Crippen LogP) is 4.50. The van der Waals surface area contributed by atoms with E-state index < -0.39 is 5.82 Å². The van der Waals surface area contributed by atoms with Gasteiger partial charge in [-0.15, -0.1) is 0 Å². The number of hydrogen-bond donors (Lipinski definition) is 1. The second-order valence-electron chi connectivity index (χ2n) is 4.62. The van der Waals surface area contributed by atoms with E-state index in [1.54, 1.807) is 0 Å². The summed E-state index contributed by atoms with van der Waals surface area (Å²) in [5.74, 6) is -0.660. The number of rotatable bonds is 2. The van der Waals surface area contributed by atoms with Gasteiger partial charge in [-0.3, -0.25) is 4.79 Å². The van der Waals surface area contributed by atoms with Crippen LogP contribution in [0.25, 0.3) is 10.9 Å². The Morgan fingerprint density at radius 1 is 1.20 bits per heavy atom. The van der Waals surface area contributed by atoms with Crippen LogP contribution >= 0.6 is 11.6 Å². The zero-order valence-corrected chi connectivity index (χ0v) is 11.5. The fourth-order valence-electron chi connectivity index (χ4n) is 2.38. The molecule has 0 saturated carbocycles. The van der Waals surface area contributed by atoms with Crippen LogP contribution in [0.15, 0.2) is 42.5 Å². The molecule has 4 heteroatoms. The number of fused-ring (bicyclic) bond motifs is 1. The van der Waals surface area contributed by atoms with E-state index in [-0.39, 0.29) is 10.8 Å². The number of H-pyrrole nitrogens is 1. The van der Waals surface area contributed by atoms with Crippen molar-refractivity contribution >= 4 is 28.3 Å². The highest BCUT2D eigenvalue weighted by Crippen LogP contribution is 2.27. The molecule has 0 saturated heterocycles. The lowest BCUT2D eigenvalue weighted by Crippen LogP contribution is -2.03. The average Bonchev–Trinajstić information content (AvgIpc) is 2.73. The van der Waals surface area contributed by atoms with E-state index in [2.05, 4.69) is 4.98 Å². The van der Waals surface area contributed by atoms with Crippen molar-refractivity contribution < 1.29 is 9.18 Å². The van der Waals surface area contributed by atoms with Gasteiger partial charge in [0.15, 0.2) is 5.78 Å². The number of hydrogen-bond acceptors (Lipinski definition) is 1. The average molecular weight is 288 g/mol. The second kappa shape index (κ2) is 4.76. The Balaban J connectivity index is 2.20. The van der Waals surface area contributed by atoms with Crippen LogP contribution in [-0.4, -0.2) is 10.8 Å². The maximum Gasteiger partial charge on any atom is 0.196 e. The van der Waals surface area contributed by atoms with Gasteiger partial charge >= 0.3 is 0 Å². The normalized spacial score (nSPS) is 10.9. The molecule has 0 amide bonds. The molecule has 0 atom stereocenters. The van der Waals surface area contributed by atoms with Crippen molar-refractivity contribution in [3.05, 3.63) is 70.1 Å². The molecule has 0 aliphatic heterocycles. The Bertz CT molecular complexity index is 822. The molecule has 2 aromatic carbocycles. The van der Waals surface area contributed by atoms with Crippen LogP contribution in [0.1, 0.15) is 21.6 Å². The van der Waals surface area contributed by atoms with Crippen molar-refractivity contribution in [1.82, 2.24) is 4.98 Å². The first kappa shape index (κ1) is 12.9. The maximum atomic E-state index is 13.1. The van der Waals surface area contributed by atoms with Gasteiger partial charge in [-0.25, -0.2) is 4.39 Å². The van der Waals surface area contributed by atoms with Crippen molar-refractivity contribution in [2.45, 2.75) is 6.92 Å². The Labute approximate surface area is 120 Å². The van der Waals surface area contributed by atoms with Crippen molar-refractivity contribution in [3.8, 4) is 0 Å². The molecule has 3 aromatic rings. The lowest BCUT2D eigenvalue weighted by molar-refractivity contribution is 0.104. The lowest BCUT2D eigenvalue weighted by Gasteiger charge is -2.04. The molecule has 0 bridgehead atoms. The third kappa shape index (κ3) is 2.00. The number of aromatic amines is 1. The summed E-state index contributed by atoms with van der Waals surface area (Å²) < 4.78 is 13.1. The highest BCUT2D eigenvalue weighted by Gasteiger charge is 2.19. The molecule has 0 radical (unpaired) electrons. The number of carbonyl (C=O) groups is 1.